The van der Waals surface area contributed by atoms with Gasteiger partial charge in [-0.2, -0.15) is 0 Å². The van der Waals surface area contributed by atoms with Gasteiger partial charge in [-0.1, -0.05) is 78.8 Å². The fourth-order valence-corrected chi connectivity index (χ4v) is 7.90. The summed E-state index contributed by atoms with van der Waals surface area (Å²) in [5, 5.41) is 8.26. The van der Waals surface area contributed by atoms with E-state index in [0.717, 1.165) is 57.3 Å². The van der Waals surface area contributed by atoms with Crippen LogP contribution in [0.25, 0.3) is 22.2 Å². The van der Waals surface area contributed by atoms with E-state index in [1.54, 1.807) is 18.5 Å². The first-order valence-corrected chi connectivity index (χ1v) is 18.2. The molecular weight excluding hydrogens is 707 g/mol. The quantitative estimate of drug-likeness (QED) is 0.132. The molecule has 3 N–H and O–H groups in total. The lowest BCUT2D eigenvalue weighted by molar-refractivity contribution is -0.125. The van der Waals surface area contributed by atoms with Crippen LogP contribution < -0.4 is 15.5 Å². The molecule has 11 heteroatoms. The van der Waals surface area contributed by atoms with Gasteiger partial charge in [-0.3, -0.25) is 9.59 Å². The summed E-state index contributed by atoms with van der Waals surface area (Å²) in [4.78, 5) is 39.2. The lowest BCUT2D eigenvalue weighted by Gasteiger charge is -2.39. The van der Waals surface area contributed by atoms with E-state index in [1.165, 1.54) is 7.11 Å². The maximum absolute atomic E-state index is 14.7. The molecule has 3 aromatic carbocycles. The van der Waals surface area contributed by atoms with Gasteiger partial charge in [-0.05, 0) is 84.6 Å². The molecule has 53 heavy (non-hydrogen) atoms. The predicted octanol–water partition coefficient (Wildman–Crippen LogP) is 8.85. The molecule has 4 heterocycles. The molecule has 0 bridgehead atoms. The number of anilines is 2. The van der Waals surface area contributed by atoms with Crippen LogP contribution >= 0.6 is 23.2 Å². The zero-order valence-electron chi connectivity index (χ0n) is 29.6. The second-order valence-electron chi connectivity index (χ2n) is 13.3. The number of ether oxygens (including phenoxy) is 1. The molecule has 9 nitrogen and oxygen atoms in total. The lowest BCUT2D eigenvalue weighted by Crippen LogP contribution is -2.46. The number of aromatic amines is 1. The Labute approximate surface area is 318 Å². The van der Waals surface area contributed by atoms with Gasteiger partial charge < -0.3 is 30.2 Å². The molecule has 2 aliphatic heterocycles. The molecule has 1 fully saturated rings. The third-order valence-corrected chi connectivity index (χ3v) is 10.2. The van der Waals surface area contributed by atoms with Crippen molar-refractivity contribution in [1.82, 2.24) is 20.2 Å². The highest BCUT2D eigenvalue weighted by Crippen LogP contribution is 2.51. The highest BCUT2D eigenvalue weighted by atomic mass is 35.5. The number of nitrogens with one attached hydrogen (secondary N) is 3. The maximum Gasteiger partial charge on any atom is 0.272 e. The van der Waals surface area contributed by atoms with Crippen LogP contribution in [0.3, 0.4) is 0 Å². The number of rotatable bonds is 10. The van der Waals surface area contributed by atoms with E-state index < -0.39 is 0 Å². The van der Waals surface area contributed by atoms with Crippen LogP contribution in [0.15, 0.2) is 110 Å². The Hall–Kier alpha value is -5.35. The van der Waals surface area contributed by atoms with E-state index in [0.29, 0.717) is 45.9 Å². The van der Waals surface area contributed by atoms with E-state index in [1.807, 2.05) is 79.7 Å². The largest absolute Gasteiger partial charge is 0.375 e. The van der Waals surface area contributed by atoms with Crippen LogP contribution in [0.1, 0.15) is 58.5 Å². The summed E-state index contributed by atoms with van der Waals surface area (Å²) < 4.78 is 4.97. The normalized spacial score (nSPS) is 16.7. The smallest absolute Gasteiger partial charge is 0.272 e. The summed E-state index contributed by atoms with van der Waals surface area (Å²) in [6.45, 7) is 12.0. The Morgan fingerprint density at radius 3 is 2.43 bits per heavy atom. The summed E-state index contributed by atoms with van der Waals surface area (Å²) in [6.07, 6.45) is 4.99. The van der Waals surface area contributed by atoms with Crippen molar-refractivity contribution in [3.05, 3.63) is 148 Å². The molecule has 1 unspecified atom stereocenters. The number of pyridine rings is 1. The van der Waals surface area contributed by atoms with Crippen LogP contribution in [0.5, 0.6) is 0 Å². The molecule has 1 atom stereocenters. The Balaban J connectivity index is 1.36. The van der Waals surface area contributed by atoms with Gasteiger partial charge in [0, 0.05) is 64.5 Å². The molecule has 5 aromatic rings. The van der Waals surface area contributed by atoms with Gasteiger partial charge in [0.1, 0.15) is 12.3 Å². The maximum atomic E-state index is 14.7. The van der Waals surface area contributed by atoms with E-state index >= 15 is 0 Å². The first-order chi connectivity index (χ1) is 25.7. The minimum absolute atomic E-state index is 0.0303. The molecule has 2 amide bonds. The molecule has 7 rings (SSSR count). The van der Waals surface area contributed by atoms with Crippen LogP contribution in [-0.2, 0) is 9.53 Å². The lowest BCUT2D eigenvalue weighted by atomic mass is 9.83. The third kappa shape index (κ3) is 7.08. The first kappa shape index (κ1) is 36.0. The molecule has 1 saturated heterocycles. The summed E-state index contributed by atoms with van der Waals surface area (Å²) in [7, 11) is 1.51. The average Bonchev–Trinajstić information content (AvgIpc) is 3.53. The highest BCUT2D eigenvalue weighted by molar-refractivity contribution is 6.32. The molecular formula is C42H40Cl2N6O3. The van der Waals surface area contributed by atoms with Crippen molar-refractivity contribution in [3.8, 4) is 0 Å². The summed E-state index contributed by atoms with van der Waals surface area (Å²) in [6, 6.07) is 25.0. The molecule has 0 aliphatic carbocycles. The summed E-state index contributed by atoms with van der Waals surface area (Å²) >= 11 is 13.2. The number of amides is 2. The zero-order chi connectivity index (χ0) is 37.2. The first-order valence-electron chi connectivity index (χ1n) is 17.5. The molecule has 0 radical (unpaired) electrons. The predicted molar refractivity (Wildman–Crippen MR) is 214 cm³/mol. The van der Waals surface area contributed by atoms with E-state index in [-0.39, 0.29) is 30.5 Å². The van der Waals surface area contributed by atoms with Crippen molar-refractivity contribution in [1.29, 1.82) is 0 Å². The van der Waals surface area contributed by atoms with Crippen LogP contribution in [0, 0.1) is 0 Å². The summed E-state index contributed by atoms with van der Waals surface area (Å²) in [5.41, 5.74) is 7.71. The fourth-order valence-electron chi connectivity index (χ4n) is 7.55. The second-order valence-corrected chi connectivity index (χ2v) is 14.2. The zero-order valence-corrected chi connectivity index (χ0v) is 31.1. The van der Waals surface area contributed by atoms with Crippen LogP contribution in [0.2, 0.25) is 10.0 Å². The Morgan fingerprint density at radius 2 is 1.75 bits per heavy atom. The molecule has 0 spiro atoms. The molecule has 270 valence electrons. The van der Waals surface area contributed by atoms with E-state index in [2.05, 4.69) is 38.6 Å². The SMILES string of the molecule is C=CN1C(=C(C(=C)C)c2ccccc2)c2c(C(=O)Nc3cccnc3N3CCC(NC(=O)COC)CC3)[nH]c3cc(Cl)cc(c23)C1c1ccc(Cl)cc1. The molecule has 2 aliphatic rings. The minimum Gasteiger partial charge on any atom is -0.375 e. The number of aromatic nitrogens is 2. The molecule has 2 aromatic heterocycles. The van der Waals surface area contributed by atoms with Gasteiger partial charge in [-0.25, -0.2) is 4.98 Å². The van der Waals surface area contributed by atoms with Crippen LogP contribution in [-0.4, -0.2) is 59.5 Å². The van der Waals surface area contributed by atoms with Crippen molar-refractivity contribution >= 4 is 68.7 Å². The number of halogens is 2. The number of carbonyl (C=O) groups excluding carboxylic acids is 2. The van der Waals surface area contributed by atoms with Crippen molar-refractivity contribution in [2.75, 3.05) is 37.0 Å². The van der Waals surface area contributed by atoms with Crippen molar-refractivity contribution in [2.45, 2.75) is 31.8 Å². The number of benzene rings is 3. The average molecular weight is 748 g/mol. The highest BCUT2D eigenvalue weighted by Gasteiger charge is 2.38. The van der Waals surface area contributed by atoms with Crippen molar-refractivity contribution in [2.24, 2.45) is 0 Å². The third-order valence-electron chi connectivity index (χ3n) is 9.77. The Bertz CT molecular complexity index is 2240. The number of hydrogen-bond donors (Lipinski definition) is 3. The monoisotopic (exact) mass is 746 g/mol. The van der Waals surface area contributed by atoms with Crippen molar-refractivity contribution < 1.29 is 14.3 Å². The van der Waals surface area contributed by atoms with Gasteiger partial charge in [0.05, 0.1) is 17.4 Å². The van der Waals surface area contributed by atoms with Gasteiger partial charge in [0.15, 0.2) is 5.82 Å². The second kappa shape index (κ2) is 15.3. The number of hydrogen-bond acceptors (Lipinski definition) is 6. The van der Waals surface area contributed by atoms with Crippen LogP contribution in [0.4, 0.5) is 11.5 Å². The van der Waals surface area contributed by atoms with Crippen molar-refractivity contribution in [3.63, 3.8) is 0 Å². The minimum atomic E-state index is -0.342. The van der Waals surface area contributed by atoms with Gasteiger partial charge in [-0.15, -0.1) is 0 Å². The number of methoxy groups -OCH3 is 1. The number of allylic oxidation sites excluding steroid dienone is 2. The fraction of sp³-hybridized carbons (Fsp3) is 0.214. The standard InChI is InChI=1S/C42H40Cl2N6O3/c1-5-50-39(27-13-15-28(43)16-14-27)31-22-29(44)23-33-36(31)37(40(50)35(25(2)3)26-10-7-6-8-11-26)38(47-33)42(52)48-32-12-9-19-45-41(32)49-20-17-30(18-21-49)46-34(51)24-53-4/h5-16,19,22-23,30,39,47H,1-2,17-18,20-21,24H2,3-4H3,(H,46,51)(H,48,52). The van der Waals surface area contributed by atoms with Gasteiger partial charge >= 0.3 is 0 Å². The topological polar surface area (TPSA) is 103 Å². The van der Waals surface area contributed by atoms with E-state index in [4.69, 9.17) is 32.9 Å². The number of H-pyrrole nitrogens is 1. The van der Waals surface area contributed by atoms with Gasteiger partial charge in [0.2, 0.25) is 5.91 Å². The summed E-state index contributed by atoms with van der Waals surface area (Å²) in [5.74, 6) is 0.192. The van der Waals surface area contributed by atoms with Gasteiger partial charge in [0.25, 0.3) is 5.91 Å². The number of piperidine rings is 1. The Morgan fingerprint density at radius 1 is 1.02 bits per heavy atom. The Kier molecular flexibility index (Phi) is 10.4. The number of nitrogens with zero attached hydrogens (tertiary/aromatic N) is 3. The number of carbonyl (C=O) groups is 2. The van der Waals surface area contributed by atoms with E-state index in [9.17, 15) is 9.59 Å². The molecule has 0 saturated carbocycles.